The summed E-state index contributed by atoms with van der Waals surface area (Å²) in [5, 5.41) is 9.17. The normalized spacial score (nSPS) is 36.1. The minimum absolute atomic E-state index is 0.000602. The van der Waals surface area contributed by atoms with Gasteiger partial charge in [-0.2, -0.15) is 0 Å². The van der Waals surface area contributed by atoms with Gasteiger partial charge in [-0.05, 0) is 33.2 Å². The Labute approximate surface area is 102 Å². The molecule has 0 saturated carbocycles. The molecule has 0 aromatic carbocycles. The van der Waals surface area contributed by atoms with E-state index in [-0.39, 0.29) is 17.5 Å². The van der Waals surface area contributed by atoms with Gasteiger partial charge in [-0.15, -0.1) is 0 Å². The summed E-state index contributed by atoms with van der Waals surface area (Å²) in [5.41, 5.74) is -0.448. The second-order valence-electron chi connectivity index (χ2n) is 5.58. The quantitative estimate of drug-likeness (QED) is 0.777. The zero-order chi connectivity index (χ0) is 12.8. The molecule has 0 aromatic heterocycles. The predicted molar refractivity (Wildman–Crippen MR) is 63.6 cm³/mol. The van der Waals surface area contributed by atoms with E-state index >= 15 is 0 Å². The standard InChI is InChI=1S/C11H19NO4S/c1-11(2)9(10(13)14)3-5-12(11)8-4-6-17(15,16)7-8/h8-9H,3-7H2,1-2H3,(H,13,14). The largest absolute Gasteiger partial charge is 0.481 e. The number of nitrogens with zero attached hydrogens (tertiary/aromatic N) is 1. The molecular formula is C11H19NO4S. The lowest BCUT2D eigenvalue weighted by Gasteiger charge is -2.38. The van der Waals surface area contributed by atoms with Crippen LogP contribution in [0.25, 0.3) is 0 Å². The molecule has 2 heterocycles. The predicted octanol–water partition coefficient (Wildman–Crippen LogP) is 0.359. The maximum Gasteiger partial charge on any atom is 0.308 e. The van der Waals surface area contributed by atoms with Gasteiger partial charge >= 0.3 is 5.97 Å². The van der Waals surface area contributed by atoms with Crippen LogP contribution in [0.4, 0.5) is 0 Å². The van der Waals surface area contributed by atoms with Gasteiger partial charge in [0.15, 0.2) is 9.84 Å². The van der Waals surface area contributed by atoms with E-state index in [0.29, 0.717) is 19.4 Å². The van der Waals surface area contributed by atoms with Crippen molar-refractivity contribution >= 4 is 15.8 Å². The molecule has 2 saturated heterocycles. The van der Waals surface area contributed by atoms with Gasteiger partial charge in [-0.25, -0.2) is 8.42 Å². The zero-order valence-electron chi connectivity index (χ0n) is 10.2. The first kappa shape index (κ1) is 12.8. The Morgan fingerprint density at radius 2 is 2.00 bits per heavy atom. The summed E-state index contributed by atoms with van der Waals surface area (Å²) in [6, 6.07) is -0.000602. The second kappa shape index (κ2) is 3.95. The number of carboxylic acids is 1. The third-order valence-electron chi connectivity index (χ3n) is 4.20. The highest BCUT2D eigenvalue weighted by molar-refractivity contribution is 7.91. The number of hydrogen-bond acceptors (Lipinski definition) is 4. The first-order valence-electron chi connectivity index (χ1n) is 5.94. The molecule has 0 radical (unpaired) electrons. The van der Waals surface area contributed by atoms with E-state index in [1.54, 1.807) is 0 Å². The average molecular weight is 261 g/mol. The van der Waals surface area contributed by atoms with Gasteiger partial charge in [0.25, 0.3) is 0 Å². The molecule has 2 rings (SSSR count). The molecule has 0 bridgehead atoms. The van der Waals surface area contributed by atoms with Crippen LogP contribution in [-0.2, 0) is 14.6 Å². The lowest BCUT2D eigenvalue weighted by atomic mass is 9.88. The number of hydrogen-bond donors (Lipinski definition) is 1. The summed E-state index contributed by atoms with van der Waals surface area (Å²) in [4.78, 5) is 13.2. The van der Waals surface area contributed by atoms with Crippen molar-refractivity contribution in [2.75, 3.05) is 18.1 Å². The van der Waals surface area contributed by atoms with Crippen LogP contribution in [0.3, 0.4) is 0 Å². The Morgan fingerprint density at radius 1 is 1.35 bits per heavy atom. The van der Waals surface area contributed by atoms with Crippen LogP contribution < -0.4 is 0 Å². The van der Waals surface area contributed by atoms with Crippen molar-refractivity contribution in [1.29, 1.82) is 0 Å². The highest BCUT2D eigenvalue weighted by atomic mass is 32.2. The van der Waals surface area contributed by atoms with Gasteiger partial charge in [-0.3, -0.25) is 9.69 Å². The Kier molecular flexibility index (Phi) is 2.98. The number of rotatable bonds is 2. The Bertz CT molecular complexity index is 429. The molecule has 2 aliphatic heterocycles. The molecule has 5 nitrogen and oxygen atoms in total. The van der Waals surface area contributed by atoms with Gasteiger partial charge in [0.1, 0.15) is 0 Å². The molecule has 98 valence electrons. The van der Waals surface area contributed by atoms with Crippen LogP contribution in [0, 0.1) is 5.92 Å². The maximum absolute atomic E-state index is 11.5. The number of carboxylic acid groups (broad SMARTS) is 1. The SMILES string of the molecule is CC1(C)C(C(=O)O)CCN1C1CCS(=O)(=O)C1. The smallest absolute Gasteiger partial charge is 0.308 e. The first-order valence-corrected chi connectivity index (χ1v) is 7.76. The molecule has 2 unspecified atom stereocenters. The van der Waals surface area contributed by atoms with Crippen molar-refractivity contribution in [3.8, 4) is 0 Å². The van der Waals surface area contributed by atoms with Crippen LogP contribution in [0.2, 0.25) is 0 Å². The van der Waals surface area contributed by atoms with E-state index in [2.05, 4.69) is 4.90 Å². The summed E-state index contributed by atoms with van der Waals surface area (Å²) in [5.74, 6) is -0.755. The molecule has 2 aliphatic rings. The Morgan fingerprint density at radius 3 is 2.41 bits per heavy atom. The van der Waals surface area contributed by atoms with Crippen LogP contribution in [0.1, 0.15) is 26.7 Å². The van der Waals surface area contributed by atoms with Crippen LogP contribution in [0.15, 0.2) is 0 Å². The number of sulfone groups is 1. The van der Waals surface area contributed by atoms with Crippen molar-refractivity contribution in [3.05, 3.63) is 0 Å². The van der Waals surface area contributed by atoms with Gasteiger partial charge in [-0.1, -0.05) is 0 Å². The summed E-state index contributed by atoms with van der Waals surface area (Å²) in [7, 11) is -2.91. The second-order valence-corrected chi connectivity index (χ2v) is 7.81. The fourth-order valence-electron chi connectivity index (χ4n) is 3.21. The highest BCUT2D eigenvalue weighted by Crippen LogP contribution is 2.38. The van der Waals surface area contributed by atoms with E-state index < -0.39 is 27.3 Å². The summed E-state index contributed by atoms with van der Waals surface area (Å²) < 4.78 is 23.0. The van der Waals surface area contributed by atoms with E-state index in [1.807, 2.05) is 13.8 Å². The van der Waals surface area contributed by atoms with E-state index in [4.69, 9.17) is 5.11 Å². The minimum atomic E-state index is -2.91. The third-order valence-corrected chi connectivity index (χ3v) is 5.95. The van der Waals surface area contributed by atoms with Crippen molar-refractivity contribution in [3.63, 3.8) is 0 Å². The lowest BCUT2D eigenvalue weighted by Crippen LogP contribution is -2.50. The number of likely N-dealkylation sites (tertiary alicyclic amines) is 1. The van der Waals surface area contributed by atoms with Gasteiger partial charge in [0.2, 0.25) is 0 Å². The molecule has 17 heavy (non-hydrogen) atoms. The zero-order valence-corrected chi connectivity index (χ0v) is 11.0. The van der Waals surface area contributed by atoms with Crippen molar-refractivity contribution in [1.82, 2.24) is 4.90 Å². The monoisotopic (exact) mass is 261 g/mol. The summed E-state index contributed by atoms with van der Waals surface area (Å²) >= 11 is 0. The highest BCUT2D eigenvalue weighted by Gasteiger charge is 2.49. The number of carbonyl (C=O) groups is 1. The summed E-state index contributed by atoms with van der Waals surface area (Å²) in [6.07, 6.45) is 1.25. The lowest BCUT2D eigenvalue weighted by molar-refractivity contribution is -0.144. The molecule has 2 atom stereocenters. The molecule has 6 heteroatoms. The first-order chi connectivity index (χ1) is 7.74. The maximum atomic E-state index is 11.5. The molecule has 0 aliphatic carbocycles. The van der Waals surface area contributed by atoms with E-state index in [9.17, 15) is 13.2 Å². The fourth-order valence-corrected chi connectivity index (χ4v) is 4.94. The number of aliphatic carboxylic acids is 1. The van der Waals surface area contributed by atoms with Crippen molar-refractivity contribution < 1.29 is 18.3 Å². The molecule has 0 amide bonds. The summed E-state index contributed by atoms with van der Waals surface area (Å²) in [6.45, 7) is 4.50. The Hall–Kier alpha value is -0.620. The van der Waals surface area contributed by atoms with Crippen LogP contribution >= 0.6 is 0 Å². The molecule has 2 fully saturated rings. The van der Waals surface area contributed by atoms with E-state index in [0.717, 1.165) is 0 Å². The van der Waals surface area contributed by atoms with Gasteiger partial charge < -0.3 is 5.11 Å². The third kappa shape index (κ3) is 2.20. The molecule has 0 aromatic rings. The Balaban J connectivity index is 2.17. The molecular weight excluding hydrogens is 242 g/mol. The fraction of sp³-hybridized carbons (Fsp3) is 0.909. The van der Waals surface area contributed by atoms with Gasteiger partial charge in [0.05, 0.1) is 17.4 Å². The van der Waals surface area contributed by atoms with E-state index in [1.165, 1.54) is 0 Å². The van der Waals surface area contributed by atoms with Crippen LogP contribution in [0.5, 0.6) is 0 Å². The van der Waals surface area contributed by atoms with Crippen LogP contribution in [-0.4, -0.2) is 54.0 Å². The average Bonchev–Trinajstić information content (AvgIpc) is 2.65. The van der Waals surface area contributed by atoms with Crippen molar-refractivity contribution in [2.45, 2.75) is 38.3 Å². The molecule has 0 spiro atoms. The minimum Gasteiger partial charge on any atom is -0.481 e. The molecule has 1 N–H and O–H groups in total. The van der Waals surface area contributed by atoms with Crippen molar-refractivity contribution in [2.24, 2.45) is 5.92 Å². The van der Waals surface area contributed by atoms with Gasteiger partial charge in [0, 0.05) is 11.6 Å². The topological polar surface area (TPSA) is 74.7 Å².